The van der Waals surface area contributed by atoms with Crippen molar-refractivity contribution < 1.29 is 14.3 Å². The van der Waals surface area contributed by atoms with Gasteiger partial charge in [0.2, 0.25) is 0 Å². The number of esters is 1. The van der Waals surface area contributed by atoms with Gasteiger partial charge in [0, 0.05) is 6.42 Å². The van der Waals surface area contributed by atoms with E-state index in [0.29, 0.717) is 25.9 Å². The number of allylic oxidation sites excluding steroid dienone is 1. The fourth-order valence-corrected chi connectivity index (χ4v) is 3.15. The zero-order valence-electron chi connectivity index (χ0n) is 11.9. The molecular weight excluding hydrogens is 244 g/mol. The van der Waals surface area contributed by atoms with Crippen LogP contribution in [0.4, 0.5) is 0 Å². The van der Waals surface area contributed by atoms with Crippen LogP contribution >= 0.6 is 0 Å². The second-order valence-electron chi connectivity index (χ2n) is 6.05. The Morgan fingerprint density at radius 2 is 2.11 bits per heavy atom. The zero-order valence-corrected chi connectivity index (χ0v) is 12.9. The minimum atomic E-state index is -1.28. The largest absolute Gasteiger partial charge is 0.465 e. The molecule has 0 spiro atoms. The average molecular weight is 268 g/mol. The molecule has 0 aromatic rings. The highest BCUT2D eigenvalue weighted by Crippen LogP contribution is 2.39. The van der Waals surface area contributed by atoms with Gasteiger partial charge in [0.25, 0.3) is 0 Å². The fraction of sp³-hybridized carbons (Fsp3) is 0.714. The molecule has 3 nitrogen and oxygen atoms in total. The molecule has 0 saturated heterocycles. The Hall–Kier alpha value is -0.903. The number of rotatable bonds is 5. The first kappa shape index (κ1) is 15.2. The Balaban J connectivity index is 2.83. The summed E-state index contributed by atoms with van der Waals surface area (Å²) in [5.41, 5.74) is 1.31. The van der Waals surface area contributed by atoms with Crippen LogP contribution in [0.2, 0.25) is 19.6 Å². The third-order valence-corrected chi connectivity index (χ3v) is 4.53. The summed E-state index contributed by atoms with van der Waals surface area (Å²) in [6.45, 7) is 8.82. The highest BCUT2D eigenvalue weighted by atomic mass is 28.3. The highest BCUT2D eigenvalue weighted by Gasteiger charge is 2.48. The van der Waals surface area contributed by atoms with E-state index >= 15 is 0 Å². The van der Waals surface area contributed by atoms with Crippen LogP contribution < -0.4 is 0 Å². The summed E-state index contributed by atoms with van der Waals surface area (Å²) in [5, 5.41) is 0. The summed E-state index contributed by atoms with van der Waals surface area (Å²) in [4.78, 5) is 24.1. The van der Waals surface area contributed by atoms with Gasteiger partial charge >= 0.3 is 5.97 Å². The molecular formula is C14H24O3Si. The topological polar surface area (TPSA) is 43.4 Å². The Labute approximate surface area is 111 Å². The van der Waals surface area contributed by atoms with Gasteiger partial charge in [-0.1, -0.05) is 31.4 Å². The average Bonchev–Trinajstić information content (AvgIpc) is 2.60. The minimum Gasteiger partial charge on any atom is -0.465 e. The first-order chi connectivity index (χ1) is 8.32. The van der Waals surface area contributed by atoms with Gasteiger partial charge < -0.3 is 4.74 Å². The maximum Gasteiger partial charge on any atom is 0.319 e. The van der Waals surface area contributed by atoms with Gasteiger partial charge in [0.1, 0.15) is 5.41 Å². The molecule has 1 saturated carbocycles. The second kappa shape index (κ2) is 5.82. The SMILES string of the molecule is CCOC(=O)C1(C/C=C/[Si](C)(C)C)CCCC1=O. The monoisotopic (exact) mass is 268 g/mol. The van der Waals surface area contributed by atoms with E-state index in [1.165, 1.54) is 0 Å². The molecule has 4 heteroatoms. The van der Waals surface area contributed by atoms with Gasteiger partial charge in [-0.15, -0.1) is 0 Å². The number of ether oxygens (including phenoxy) is 1. The Kier molecular flexibility index (Phi) is 4.90. The van der Waals surface area contributed by atoms with Crippen molar-refractivity contribution in [1.29, 1.82) is 0 Å². The van der Waals surface area contributed by atoms with E-state index in [1.807, 2.05) is 6.08 Å². The molecule has 1 rings (SSSR count). The van der Waals surface area contributed by atoms with Crippen LogP contribution in [0.3, 0.4) is 0 Å². The quantitative estimate of drug-likeness (QED) is 0.437. The van der Waals surface area contributed by atoms with E-state index in [0.717, 1.165) is 6.42 Å². The van der Waals surface area contributed by atoms with Crippen LogP contribution in [0.5, 0.6) is 0 Å². The lowest BCUT2D eigenvalue weighted by Crippen LogP contribution is -2.36. The van der Waals surface area contributed by atoms with E-state index in [9.17, 15) is 9.59 Å². The summed E-state index contributed by atoms with van der Waals surface area (Å²) < 4.78 is 5.10. The maximum absolute atomic E-state index is 12.1. The van der Waals surface area contributed by atoms with Crippen LogP contribution in [0.25, 0.3) is 0 Å². The molecule has 1 atom stereocenters. The van der Waals surface area contributed by atoms with E-state index in [-0.39, 0.29) is 11.8 Å². The maximum atomic E-state index is 12.1. The van der Waals surface area contributed by atoms with Crippen LogP contribution in [-0.4, -0.2) is 26.4 Å². The van der Waals surface area contributed by atoms with Gasteiger partial charge in [0.05, 0.1) is 14.7 Å². The van der Waals surface area contributed by atoms with Crippen molar-refractivity contribution in [3.63, 3.8) is 0 Å². The molecule has 0 N–H and O–H groups in total. The first-order valence-corrected chi connectivity index (χ1v) is 10.3. The minimum absolute atomic E-state index is 0.0566. The number of ketones is 1. The summed E-state index contributed by atoms with van der Waals surface area (Å²) >= 11 is 0. The van der Waals surface area contributed by atoms with Crippen molar-refractivity contribution in [3.05, 3.63) is 11.8 Å². The van der Waals surface area contributed by atoms with E-state index in [1.54, 1.807) is 6.92 Å². The van der Waals surface area contributed by atoms with Gasteiger partial charge in [-0.25, -0.2) is 0 Å². The second-order valence-corrected chi connectivity index (χ2v) is 11.1. The summed E-state index contributed by atoms with van der Waals surface area (Å²) in [7, 11) is -1.28. The number of carbonyl (C=O) groups excluding carboxylic acids is 2. The third kappa shape index (κ3) is 3.54. The lowest BCUT2D eigenvalue weighted by Gasteiger charge is -2.23. The van der Waals surface area contributed by atoms with Crippen molar-refractivity contribution in [2.45, 2.75) is 52.2 Å². The van der Waals surface area contributed by atoms with Crippen molar-refractivity contribution >= 4 is 19.8 Å². The van der Waals surface area contributed by atoms with E-state index < -0.39 is 13.5 Å². The van der Waals surface area contributed by atoms with Crippen molar-refractivity contribution in [2.24, 2.45) is 5.41 Å². The number of carbonyl (C=O) groups is 2. The molecule has 1 unspecified atom stereocenters. The molecule has 0 aromatic carbocycles. The van der Waals surface area contributed by atoms with Crippen LogP contribution in [0.15, 0.2) is 11.8 Å². The highest BCUT2D eigenvalue weighted by molar-refractivity contribution is 6.80. The molecule has 1 fully saturated rings. The smallest absolute Gasteiger partial charge is 0.319 e. The lowest BCUT2D eigenvalue weighted by molar-refractivity contribution is -0.158. The Morgan fingerprint density at radius 1 is 1.44 bits per heavy atom. The van der Waals surface area contributed by atoms with Gasteiger partial charge in [-0.2, -0.15) is 0 Å². The Bertz CT molecular complexity index is 355. The molecule has 0 radical (unpaired) electrons. The predicted molar refractivity (Wildman–Crippen MR) is 75.0 cm³/mol. The predicted octanol–water partition coefficient (Wildman–Crippen LogP) is 3.11. The van der Waals surface area contributed by atoms with Crippen molar-refractivity contribution in [3.8, 4) is 0 Å². The summed E-state index contributed by atoms with van der Waals surface area (Å²) in [6, 6.07) is 0. The van der Waals surface area contributed by atoms with Crippen LogP contribution in [-0.2, 0) is 14.3 Å². The normalized spacial score (nSPS) is 24.8. The Morgan fingerprint density at radius 3 is 2.56 bits per heavy atom. The van der Waals surface area contributed by atoms with E-state index in [2.05, 4.69) is 25.3 Å². The summed E-state index contributed by atoms with van der Waals surface area (Å²) in [5.74, 6) is -0.270. The molecule has 0 amide bonds. The number of hydrogen-bond acceptors (Lipinski definition) is 3. The standard InChI is InChI=1S/C14H24O3Si/c1-5-17-13(16)14(9-6-8-12(14)15)10-7-11-18(2,3)4/h7,11H,5-6,8-10H2,1-4H3/b11-7+. The molecule has 0 aromatic heterocycles. The van der Waals surface area contributed by atoms with Crippen molar-refractivity contribution in [1.82, 2.24) is 0 Å². The molecule has 1 aliphatic rings. The number of hydrogen-bond donors (Lipinski definition) is 0. The lowest BCUT2D eigenvalue weighted by atomic mass is 9.82. The molecule has 102 valence electrons. The van der Waals surface area contributed by atoms with Crippen LogP contribution in [0.1, 0.15) is 32.6 Å². The van der Waals surface area contributed by atoms with Crippen molar-refractivity contribution in [2.75, 3.05) is 6.61 Å². The van der Waals surface area contributed by atoms with Crippen LogP contribution in [0, 0.1) is 5.41 Å². The first-order valence-electron chi connectivity index (χ1n) is 6.70. The van der Waals surface area contributed by atoms with E-state index in [4.69, 9.17) is 4.74 Å². The molecule has 1 aliphatic carbocycles. The molecule has 18 heavy (non-hydrogen) atoms. The molecule has 0 aliphatic heterocycles. The van der Waals surface area contributed by atoms with Gasteiger partial charge in [-0.05, 0) is 26.2 Å². The molecule has 0 bridgehead atoms. The fourth-order valence-electron chi connectivity index (χ4n) is 2.33. The zero-order chi connectivity index (χ0) is 13.8. The van der Waals surface area contributed by atoms with Gasteiger partial charge in [0.15, 0.2) is 5.78 Å². The summed E-state index contributed by atoms with van der Waals surface area (Å²) in [6.07, 6.45) is 4.49. The molecule has 0 heterocycles. The third-order valence-electron chi connectivity index (χ3n) is 3.29. The van der Waals surface area contributed by atoms with Gasteiger partial charge in [-0.3, -0.25) is 9.59 Å². The number of Topliss-reactive ketones (excluding diaryl/α,β-unsaturated/α-hetero) is 1.